The van der Waals surface area contributed by atoms with Crippen molar-refractivity contribution in [2.24, 2.45) is 0 Å². The Hall–Kier alpha value is -3.02. The number of nitrogens with one attached hydrogen (secondary N) is 1. The Bertz CT molecular complexity index is 1160. The first-order chi connectivity index (χ1) is 17.8. The van der Waals surface area contributed by atoms with Crippen molar-refractivity contribution in [1.29, 1.82) is 0 Å². The summed E-state index contributed by atoms with van der Waals surface area (Å²) in [4.78, 5) is 26.2. The van der Waals surface area contributed by atoms with Gasteiger partial charge in [0.1, 0.15) is 0 Å². The van der Waals surface area contributed by atoms with Crippen LogP contribution in [-0.2, 0) is 11.0 Å². The van der Waals surface area contributed by atoms with Gasteiger partial charge in [0.05, 0.1) is 30.3 Å². The molecule has 2 fully saturated rings. The maximum atomic E-state index is 13.8. The summed E-state index contributed by atoms with van der Waals surface area (Å²) in [6.45, 7) is 1.43. The highest BCUT2D eigenvalue weighted by atomic mass is 19.4. The summed E-state index contributed by atoms with van der Waals surface area (Å²) >= 11 is 0. The van der Waals surface area contributed by atoms with Crippen LogP contribution in [0.5, 0.6) is 0 Å². The Labute approximate surface area is 217 Å². The Morgan fingerprint density at radius 2 is 1.89 bits per heavy atom. The number of hydrogen-bond donors (Lipinski definition) is 2. The summed E-state index contributed by atoms with van der Waals surface area (Å²) < 4.78 is 70.1. The molecule has 2 heterocycles. The summed E-state index contributed by atoms with van der Waals surface area (Å²) in [5.74, 6) is -4.71. The summed E-state index contributed by atoms with van der Waals surface area (Å²) in [7, 11) is 0. The van der Waals surface area contributed by atoms with E-state index in [-0.39, 0.29) is 42.4 Å². The minimum absolute atomic E-state index is 0.0934. The van der Waals surface area contributed by atoms with Crippen LogP contribution in [0.1, 0.15) is 74.0 Å². The van der Waals surface area contributed by atoms with E-state index in [1.54, 1.807) is 11.8 Å². The number of halogens is 5. The average molecular weight is 543 g/mol. The quantitative estimate of drug-likeness (QED) is 0.416. The standard InChI is InChI=1S/C26H31F5N4O3/c1-16(34-11-10-25(27,28)15-34)12-17(13-23(36)37)32-24(38)21-14-22(35(33-21)18-6-2-3-7-18)19-8-4-5-9-20(19)26(29,30)31/h4-5,8-9,14,16-18H,2-3,6-7,10-13,15H2,1H3,(H,32,38)(H,36,37)/t16?,17-/m0/s1. The van der Waals surface area contributed by atoms with Crippen molar-refractivity contribution in [2.45, 2.75) is 82.1 Å². The van der Waals surface area contributed by atoms with Crippen LogP contribution in [0.2, 0.25) is 0 Å². The number of aromatic nitrogens is 2. The van der Waals surface area contributed by atoms with Crippen LogP contribution >= 0.6 is 0 Å². The fourth-order valence-corrected chi connectivity index (χ4v) is 5.45. The average Bonchev–Trinajstić information content (AvgIpc) is 3.57. The Balaban J connectivity index is 1.60. The van der Waals surface area contributed by atoms with Crippen LogP contribution in [0.15, 0.2) is 30.3 Å². The Morgan fingerprint density at radius 3 is 2.50 bits per heavy atom. The summed E-state index contributed by atoms with van der Waals surface area (Å²) in [5.41, 5.74) is -0.896. The molecular formula is C26H31F5N4O3. The molecule has 1 saturated carbocycles. The molecule has 1 aliphatic heterocycles. The molecule has 208 valence electrons. The smallest absolute Gasteiger partial charge is 0.417 e. The van der Waals surface area contributed by atoms with Gasteiger partial charge in [-0.25, -0.2) is 8.78 Å². The topological polar surface area (TPSA) is 87.5 Å². The first kappa shape index (κ1) is 28.0. The van der Waals surface area contributed by atoms with Gasteiger partial charge in [-0.05, 0) is 38.3 Å². The van der Waals surface area contributed by atoms with Gasteiger partial charge in [-0.15, -0.1) is 0 Å². The molecule has 0 spiro atoms. The van der Waals surface area contributed by atoms with E-state index < -0.39 is 54.6 Å². The maximum Gasteiger partial charge on any atom is 0.417 e. The lowest BCUT2D eigenvalue weighted by atomic mass is 10.0. The van der Waals surface area contributed by atoms with Crippen LogP contribution in [0, 0.1) is 0 Å². The minimum atomic E-state index is -4.61. The van der Waals surface area contributed by atoms with E-state index in [4.69, 9.17) is 0 Å². The number of amides is 1. The molecule has 0 radical (unpaired) electrons. The highest BCUT2D eigenvalue weighted by Crippen LogP contribution is 2.40. The lowest BCUT2D eigenvalue weighted by Crippen LogP contribution is -2.43. The number of carboxylic acids is 1. The van der Waals surface area contributed by atoms with Crippen LogP contribution in [0.25, 0.3) is 11.3 Å². The lowest BCUT2D eigenvalue weighted by Gasteiger charge is -2.28. The van der Waals surface area contributed by atoms with Gasteiger partial charge in [0.25, 0.3) is 11.8 Å². The van der Waals surface area contributed by atoms with Crippen molar-refractivity contribution in [1.82, 2.24) is 20.0 Å². The van der Waals surface area contributed by atoms with Crippen molar-refractivity contribution in [2.75, 3.05) is 13.1 Å². The predicted molar refractivity (Wildman–Crippen MR) is 129 cm³/mol. The zero-order valence-electron chi connectivity index (χ0n) is 21.0. The molecule has 0 bridgehead atoms. The molecule has 1 saturated heterocycles. The molecule has 2 aliphatic rings. The molecule has 38 heavy (non-hydrogen) atoms. The van der Waals surface area contributed by atoms with Gasteiger partial charge in [-0.2, -0.15) is 18.3 Å². The SMILES string of the molecule is CC(C[C@@H](CC(=O)O)NC(=O)c1cc(-c2ccccc2C(F)(F)F)n(C2CCCC2)n1)N1CCC(F)(F)C1. The monoisotopic (exact) mass is 542 g/mol. The van der Waals surface area contributed by atoms with Gasteiger partial charge in [0, 0.05) is 30.6 Å². The number of nitrogens with zero attached hydrogens (tertiary/aromatic N) is 3. The zero-order chi connectivity index (χ0) is 27.7. The normalized spacial score (nSPS) is 19.9. The van der Waals surface area contributed by atoms with Crippen molar-refractivity contribution in [3.63, 3.8) is 0 Å². The first-order valence-electron chi connectivity index (χ1n) is 12.7. The molecule has 1 aromatic carbocycles. The highest BCUT2D eigenvalue weighted by molar-refractivity contribution is 5.94. The second-order valence-electron chi connectivity index (χ2n) is 10.3. The van der Waals surface area contributed by atoms with E-state index in [1.165, 1.54) is 28.9 Å². The number of carboxylic acid groups (broad SMARTS) is 1. The number of carbonyl (C=O) groups is 2. The van der Waals surface area contributed by atoms with Gasteiger partial charge in [0.15, 0.2) is 5.69 Å². The van der Waals surface area contributed by atoms with Crippen LogP contribution in [0.4, 0.5) is 22.0 Å². The number of hydrogen-bond acceptors (Lipinski definition) is 4. The largest absolute Gasteiger partial charge is 0.481 e. The molecule has 1 unspecified atom stereocenters. The molecule has 2 aromatic rings. The minimum Gasteiger partial charge on any atom is -0.481 e. The highest BCUT2D eigenvalue weighted by Gasteiger charge is 2.40. The van der Waals surface area contributed by atoms with Crippen molar-refractivity contribution >= 4 is 11.9 Å². The van der Waals surface area contributed by atoms with Crippen molar-refractivity contribution in [3.8, 4) is 11.3 Å². The molecule has 1 aliphatic carbocycles. The second kappa shape index (κ2) is 11.0. The third-order valence-corrected chi connectivity index (χ3v) is 7.35. The molecule has 1 amide bonds. The summed E-state index contributed by atoms with van der Waals surface area (Å²) in [6, 6.07) is 4.94. The van der Waals surface area contributed by atoms with Gasteiger partial charge in [0.2, 0.25) is 0 Å². The molecular weight excluding hydrogens is 511 g/mol. The summed E-state index contributed by atoms with van der Waals surface area (Å²) in [5, 5.41) is 16.4. The van der Waals surface area contributed by atoms with E-state index in [0.29, 0.717) is 12.8 Å². The fraction of sp³-hybridized carbons (Fsp3) is 0.577. The molecule has 12 heteroatoms. The van der Waals surface area contributed by atoms with E-state index in [2.05, 4.69) is 10.4 Å². The van der Waals surface area contributed by atoms with Crippen LogP contribution < -0.4 is 5.32 Å². The molecule has 2 atom stereocenters. The maximum absolute atomic E-state index is 13.8. The van der Waals surface area contributed by atoms with Crippen LogP contribution in [-0.4, -0.2) is 62.8 Å². The number of carbonyl (C=O) groups excluding carboxylic acids is 1. The van der Waals surface area contributed by atoms with Gasteiger partial charge in [-0.1, -0.05) is 31.0 Å². The fourth-order valence-electron chi connectivity index (χ4n) is 5.45. The lowest BCUT2D eigenvalue weighted by molar-refractivity contribution is -0.138. The van der Waals surface area contributed by atoms with Gasteiger partial charge in [-0.3, -0.25) is 19.2 Å². The van der Waals surface area contributed by atoms with Crippen molar-refractivity contribution in [3.05, 3.63) is 41.6 Å². The first-order valence-corrected chi connectivity index (χ1v) is 12.7. The van der Waals surface area contributed by atoms with Crippen LogP contribution in [0.3, 0.4) is 0 Å². The third-order valence-electron chi connectivity index (χ3n) is 7.35. The van der Waals surface area contributed by atoms with Gasteiger partial charge < -0.3 is 10.4 Å². The number of likely N-dealkylation sites (tertiary alicyclic amines) is 1. The summed E-state index contributed by atoms with van der Waals surface area (Å²) in [6.07, 6.45) is -2.02. The number of benzene rings is 1. The number of rotatable bonds is 9. The zero-order valence-corrected chi connectivity index (χ0v) is 21.0. The van der Waals surface area contributed by atoms with E-state index in [1.807, 2.05) is 0 Å². The third kappa shape index (κ3) is 6.51. The second-order valence-corrected chi connectivity index (χ2v) is 10.3. The molecule has 7 nitrogen and oxygen atoms in total. The molecule has 2 N–H and O–H groups in total. The molecule has 1 aromatic heterocycles. The van der Waals surface area contributed by atoms with E-state index in [0.717, 1.165) is 18.9 Å². The Kier molecular flexibility index (Phi) is 8.10. The Morgan fingerprint density at radius 1 is 1.21 bits per heavy atom. The number of aliphatic carboxylic acids is 1. The van der Waals surface area contributed by atoms with Crippen molar-refractivity contribution < 1.29 is 36.6 Å². The predicted octanol–water partition coefficient (Wildman–Crippen LogP) is 5.38. The number of alkyl halides is 5. The van der Waals surface area contributed by atoms with E-state index >= 15 is 0 Å². The molecule has 4 rings (SSSR count). The van der Waals surface area contributed by atoms with Gasteiger partial charge >= 0.3 is 12.1 Å². The van der Waals surface area contributed by atoms with E-state index in [9.17, 15) is 36.6 Å².